The van der Waals surface area contributed by atoms with Crippen LogP contribution in [0.4, 0.5) is 4.79 Å². The number of hydrogen-bond donors (Lipinski definition) is 0. The summed E-state index contributed by atoms with van der Waals surface area (Å²) in [5, 5.41) is 0.449. The molecule has 10 heteroatoms. The van der Waals surface area contributed by atoms with Gasteiger partial charge in [0.2, 0.25) is 5.91 Å². The average Bonchev–Trinajstić information content (AvgIpc) is 3.16. The molecule has 3 aromatic rings. The van der Waals surface area contributed by atoms with Gasteiger partial charge in [0.05, 0.1) is 14.4 Å². The highest BCUT2D eigenvalue weighted by Gasteiger charge is 2.37. The third-order valence-corrected chi connectivity index (χ3v) is 8.44. The molecule has 0 aromatic heterocycles. The first-order valence-electron chi connectivity index (χ1n) is 11.8. The van der Waals surface area contributed by atoms with Crippen molar-refractivity contribution in [2.75, 3.05) is 13.1 Å². The molecule has 0 radical (unpaired) electrons. The highest BCUT2D eigenvalue weighted by Crippen LogP contribution is 2.38. The van der Waals surface area contributed by atoms with E-state index in [4.69, 9.17) is 27.9 Å². The quantitative estimate of drug-likeness (QED) is 0.275. The molecule has 0 unspecified atom stereocenters. The van der Waals surface area contributed by atoms with E-state index in [1.165, 1.54) is 5.56 Å². The Kier molecular flexibility index (Phi) is 8.14. The fourth-order valence-electron chi connectivity index (χ4n) is 4.30. The summed E-state index contributed by atoms with van der Waals surface area (Å²) in [6.45, 7) is 0.966. The number of amides is 3. The van der Waals surface area contributed by atoms with Crippen molar-refractivity contribution < 1.29 is 19.1 Å². The van der Waals surface area contributed by atoms with Crippen LogP contribution in [0.15, 0.2) is 70.0 Å². The van der Waals surface area contributed by atoms with E-state index >= 15 is 0 Å². The van der Waals surface area contributed by atoms with Gasteiger partial charge in [-0.15, -0.1) is 0 Å². The van der Waals surface area contributed by atoms with Gasteiger partial charge < -0.3 is 9.64 Å². The third kappa shape index (κ3) is 5.78. The van der Waals surface area contributed by atoms with E-state index in [1.54, 1.807) is 29.2 Å². The van der Waals surface area contributed by atoms with Crippen LogP contribution < -0.4 is 4.74 Å². The van der Waals surface area contributed by atoms with Gasteiger partial charge in [-0.1, -0.05) is 65.7 Å². The predicted octanol–water partition coefficient (Wildman–Crippen LogP) is 6.96. The Balaban J connectivity index is 1.26. The largest absolute Gasteiger partial charge is 0.486 e. The monoisotopic (exact) mass is 630 g/mol. The Labute approximate surface area is 242 Å². The fourth-order valence-corrected chi connectivity index (χ4v) is 6.32. The van der Waals surface area contributed by atoms with Crippen LogP contribution in [-0.4, -0.2) is 39.9 Å². The summed E-state index contributed by atoms with van der Waals surface area (Å²) in [7, 11) is 0. The number of imide groups is 1. The molecule has 3 amide bonds. The van der Waals surface area contributed by atoms with E-state index in [0.29, 0.717) is 38.9 Å². The number of thioether (sulfide) groups is 1. The summed E-state index contributed by atoms with van der Waals surface area (Å²) >= 11 is 17.0. The molecule has 2 heterocycles. The number of rotatable bonds is 6. The summed E-state index contributed by atoms with van der Waals surface area (Å²) in [4.78, 5) is 41.5. The van der Waals surface area contributed by atoms with E-state index in [-0.39, 0.29) is 24.0 Å². The predicted molar refractivity (Wildman–Crippen MR) is 153 cm³/mol. The molecule has 2 aliphatic heterocycles. The number of ether oxygens (including phenoxy) is 1. The molecule has 0 aliphatic carbocycles. The number of carbonyl (C=O) groups is 3. The van der Waals surface area contributed by atoms with E-state index < -0.39 is 11.1 Å². The average molecular weight is 632 g/mol. The lowest BCUT2D eigenvalue weighted by Gasteiger charge is -2.29. The summed E-state index contributed by atoms with van der Waals surface area (Å²) in [6.07, 6.45) is 2.33. The van der Waals surface area contributed by atoms with Crippen molar-refractivity contribution in [3.63, 3.8) is 0 Å². The molecule has 0 N–H and O–H groups in total. The second-order valence-corrected chi connectivity index (χ2v) is 11.5. The Morgan fingerprint density at radius 3 is 2.53 bits per heavy atom. The van der Waals surface area contributed by atoms with Gasteiger partial charge in [0, 0.05) is 23.7 Å². The lowest BCUT2D eigenvalue weighted by Crippen LogP contribution is -2.44. The SMILES string of the molecule is O=C(CN1C(=O)S/C(=C\c2cc(Cl)c(OCc3ccccc3Cl)c(Br)c2)C1=O)N1CCc2ccccc2C1. The van der Waals surface area contributed by atoms with Crippen molar-refractivity contribution in [2.24, 2.45) is 0 Å². The minimum Gasteiger partial charge on any atom is -0.486 e. The molecule has 0 spiro atoms. The Bertz CT molecular complexity index is 1460. The maximum atomic E-state index is 13.0. The smallest absolute Gasteiger partial charge is 0.294 e. The van der Waals surface area contributed by atoms with Gasteiger partial charge in [-0.25, -0.2) is 0 Å². The zero-order valence-electron chi connectivity index (χ0n) is 20.0. The lowest BCUT2D eigenvalue weighted by molar-refractivity contribution is -0.136. The van der Waals surface area contributed by atoms with Crippen LogP contribution in [0.2, 0.25) is 10.0 Å². The molecule has 5 rings (SSSR count). The van der Waals surface area contributed by atoms with Crippen LogP contribution in [0.3, 0.4) is 0 Å². The van der Waals surface area contributed by atoms with E-state index in [0.717, 1.165) is 34.2 Å². The topological polar surface area (TPSA) is 66.9 Å². The molecule has 0 bridgehead atoms. The maximum Gasteiger partial charge on any atom is 0.294 e. The fraction of sp³-hybridized carbons (Fsp3) is 0.179. The minimum atomic E-state index is -0.503. The Hall–Kier alpha value is -2.78. The molecule has 38 heavy (non-hydrogen) atoms. The minimum absolute atomic E-state index is 0.222. The molecule has 1 fully saturated rings. The highest BCUT2D eigenvalue weighted by molar-refractivity contribution is 9.10. The van der Waals surface area contributed by atoms with Crippen molar-refractivity contribution in [3.05, 3.63) is 102 Å². The second kappa shape index (κ2) is 11.5. The number of hydrogen-bond acceptors (Lipinski definition) is 5. The van der Waals surface area contributed by atoms with E-state index in [1.807, 2.05) is 36.4 Å². The van der Waals surface area contributed by atoms with Crippen molar-refractivity contribution in [1.82, 2.24) is 9.80 Å². The first kappa shape index (κ1) is 26.8. The molecule has 6 nitrogen and oxygen atoms in total. The van der Waals surface area contributed by atoms with Gasteiger partial charge in [0.25, 0.3) is 11.1 Å². The van der Waals surface area contributed by atoms with Crippen molar-refractivity contribution in [2.45, 2.75) is 19.6 Å². The van der Waals surface area contributed by atoms with Crippen LogP contribution in [0.1, 0.15) is 22.3 Å². The number of nitrogens with zero attached hydrogens (tertiary/aromatic N) is 2. The van der Waals surface area contributed by atoms with Crippen LogP contribution in [0.5, 0.6) is 5.75 Å². The van der Waals surface area contributed by atoms with Crippen LogP contribution in [-0.2, 0) is 29.2 Å². The summed E-state index contributed by atoms with van der Waals surface area (Å²) in [5.41, 5.74) is 3.73. The normalized spacial score (nSPS) is 16.2. The van der Waals surface area contributed by atoms with Crippen molar-refractivity contribution in [3.8, 4) is 5.75 Å². The van der Waals surface area contributed by atoms with Gasteiger partial charge >= 0.3 is 0 Å². The Morgan fingerprint density at radius 1 is 1.03 bits per heavy atom. The zero-order valence-corrected chi connectivity index (χ0v) is 23.9. The van der Waals surface area contributed by atoms with Crippen molar-refractivity contribution >= 4 is 74.0 Å². The summed E-state index contributed by atoms with van der Waals surface area (Å²) in [6, 6.07) is 18.7. The standard InChI is InChI=1S/C28H21BrCl2N2O4S/c29-21-11-17(12-23(31)26(21)37-16-20-7-3-4-8-22(20)30)13-24-27(35)33(28(36)38-24)15-25(34)32-10-9-18-5-1-2-6-19(18)14-32/h1-8,11-13H,9-10,14-16H2/b24-13-. The molecular weight excluding hydrogens is 611 g/mol. The van der Waals surface area contributed by atoms with Gasteiger partial charge in [-0.2, -0.15) is 0 Å². The van der Waals surface area contributed by atoms with Crippen LogP contribution in [0, 0.1) is 0 Å². The highest BCUT2D eigenvalue weighted by atomic mass is 79.9. The number of benzene rings is 3. The first-order chi connectivity index (χ1) is 18.3. The zero-order chi connectivity index (χ0) is 26.8. The van der Waals surface area contributed by atoms with Gasteiger partial charge in [0.15, 0.2) is 5.75 Å². The number of carbonyl (C=O) groups excluding carboxylic acids is 3. The molecule has 3 aromatic carbocycles. The summed E-state index contributed by atoms with van der Waals surface area (Å²) < 4.78 is 6.46. The molecule has 194 valence electrons. The first-order valence-corrected chi connectivity index (χ1v) is 14.1. The van der Waals surface area contributed by atoms with Crippen LogP contribution >= 0.6 is 50.9 Å². The Morgan fingerprint density at radius 2 is 1.76 bits per heavy atom. The maximum absolute atomic E-state index is 13.0. The number of fused-ring (bicyclic) bond motifs is 1. The van der Waals surface area contributed by atoms with E-state index in [2.05, 4.69) is 22.0 Å². The second-order valence-electron chi connectivity index (χ2n) is 8.80. The van der Waals surface area contributed by atoms with Crippen LogP contribution in [0.25, 0.3) is 6.08 Å². The summed E-state index contributed by atoms with van der Waals surface area (Å²) in [5.74, 6) is -0.323. The molecule has 0 saturated carbocycles. The molecule has 0 atom stereocenters. The van der Waals surface area contributed by atoms with Gasteiger partial charge in [0.1, 0.15) is 13.2 Å². The van der Waals surface area contributed by atoms with Crippen molar-refractivity contribution in [1.29, 1.82) is 0 Å². The molecule has 1 saturated heterocycles. The third-order valence-electron chi connectivity index (χ3n) is 6.30. The molecule has 2 aliphatic rings. The molecular formula is C28H21BrCl2N2O4S. The van der Waals surface area contributed by atoms with E-state index in [9.17, 15) is 14.4 Å². The van der Waals surface area contributed by atoms with Gasteiger partial charge in [-0.3, -0.25) is 19.3 Å². The lowest BCUT2D eigenvalue weighted by atomic mass is 10.00. The number of halogens is 3. The van der Waals surface area contributed by atoms with Gasteiger partial charge in [-0.05, 0) is 75.1 Å².